The highest BCUT2D eigenvalue weighted by molar-refractivity contribution is 5.71. The van der Waals surface area contributed by atoms with Crippen LogP contribution in [0.1, 0.15) is 12.0 Å². The van der Waals surface area contributed by atoms with E-state index in [9.17, 15) is 9.59 Å². The number of ether oxygens (including phenoxy) is 2. The summed E-state index contributed by atoms with van der Waals surface area (Å²) in [6, 6.07) is 9.45. The van der Waals surface area contributed by atoms with E-state index in [1.807, 2.05) is 30.3 Å². The van der Waals surface area contributed by atoms with Crippen LogP contribution in [0.2, 0.25) is 0 Å². The van der Waals surface area contributed by atoms with Crippen LogP contribution in [0.5, 0.6) is 0 Å². The molecular weight excluding hydrogens is 272 g/mol. The lowest BCUT2D eigenvalue weighted by Crippen LogP contribution is -2.53. The van der Waals surface area contributed by atoms with Gasteiger partial charge in [-0.1, -0.05) is 30.3 Å². The quantitative estimate of drug-likeness (QED) is 0.844. The molecular formula is C15H20N2O4. The number of carbonyl (C=O) groups is 2. The van der Waals surface area contributed by atoms with Gasteiger partial charge < -0.3 is 19.7 Å². The van der Waals surface area contributed by atoms with Crippen molar-refractivity contribution in [1.29, 1.82) is 0 Å². The Bertz CT molecular complexity index is 478. The van der Waals surface area contributed by atoms with Gasteiger partial charge in [0.25, 0.3) is 0 Å². The number of hydrogen-bond acceptors (Lipinski definition) is 5. The fourth-order valence-corrected chi connectivity index (χ4v) is 2.22. The lowest BCUT2D eigenvalue weighted by Gasteiger charge is -2.32. The number of esters is 1. The second kappa shape index (κ2) is 7.64. The van der Waals surface area contributed by atoms with Gasteiger partial charge in [0, 0.05) is 25.7 Å². The van der Waals surface area contributed by atoms with E-state index in [-0.39, 0.29) is 31.1 Å². The summed E-state index contributed by atoms with van der Waals surface area (Å²) in [5.41, 5.74) is 0.951. The highest BCUT2D eigenvalue weighted by Crippen LogP contribution is 2.08. The molecule has 6 nitrogen and oxygen atoms in total. The fourth-order valence-electron chi connectivity index (χ4n) is 2.22. The minimum atomic E-state index is -0.352. The van der Waals surface area contributed by atoms with Crippen molar-refractivity contribution < 1.29 is 19.1 Å². The minimum absolute atomic E-state index is 0.0875. The Morgan fingerprint density at radius 2 is 2.10 bits per heavy atom. The molecule has 1 aliphatic rings. The number of methoxy groups -OCH3 is 1. The van der Waals surface area contributed by atoms with Crippen molar-refractivity contribution in [2.75, 3.05) is 26.7 Å². The third-order valence-corrected chi connectivity index (χ3v) is 3.36. The van der Waals surface area contributed by atoms with Gasteiger partial charge in [-0.3, -0.25) is 4.79 Å². The number of carbonyl (C=O) groups excluding carboxylic acids is 2. The molecule has 0 aliphatic carbocycles. The van der Waals surface area contributed by atoms with Crippen LogP contribution >= 0.6 is 0 Å². The lowest BCUT2D eigenvalue weighted by atomic mass is 10.1. The van der Waals surface area contributed by atoms with Crippen molar-refractivity contribution in [2.24, 2.45) is 0 Å². The van der Waals surface area contributed by atoms with Crippen LogP contribution < -0.4 is 5.32 Å². The molecule has 1 aromatic rings. The van der Waals surface area contributed by atoms with Gasteiger partial charge in [0.2, 0.25) is 0 Å². The largest absolute Gasteiger partial charge is 0.469 e. The van der Waals surface area contributed by atoms with Gasteiger partial charge in [-0.2, -0.15) is 0 Å². The topological polar surface area (TPSA) is 67.9 Å². The average molecular weight is 292 g/mol. The van der Waals surface area contributed by atoms with E-state index >= 15 is 0 Å². The lowest BCUT2D eigenvalue weighted by molar-refractivity contribution is -0.141. The molecule has 0 radical (unpaired) electrons. The predicted octanol–water partition coefficient (Wildman–Crippen LogP) is 1.16. The number of benzene rings is 1. The maximum absolute atomic E-state index is 12.0. The van der Waals surface area contributed by atoms with Gasteiger partial charge in [0.1, 0.15) is 6.61 Å². The van der Waals surface area contributed by atoms with Gasteiger partial charge in [-0.05, 0) is 5.56 Å². The summed E-state index contributed by atoms with van der Waals surface area (Å²) in [4.78, 5) is 24.9. The molecule has 1 aliphatic heterocycles. The Balaban J connectivity index is 1.80. The monoisotopic (exact) mass is 292 g/mol. The second-order valence-electron chi connectivity index (χ2n) is 4.92. The molecule has 1 atom stereocenters. The number of nitrogens with one attached hydrogen (secondary N) is 1. The van der Waals surface area contributed by atoms with E-state index in [0.717, 1.165) is 5.56 Å². The normalized spacial score (nSPS) is 18.1. The summed E-state index contributed by atoms with van der Waals surface area (Å²) >= 11 is 0. The SMILES string of the molecule is COC(=O)CC1CN(C(=O)OCc2ccccc2)CCN1. The van der Waals surface area contributed by atoms with E-state index in [1.165, 1.54) is 7.11 Å². The Hall–Kier alpha value is -2.08. The molecule has 0 spiro atoms. The highest BCUT2D eigenvalue weighted by Gasteiger charge is 2.26. The summed E-state index contributed by atoms with van der Waals surface area (Å²) in [7, 11) is 1.36. The molecule has 21 heavy (non-hydrogen) atoms. The van der Waals surface area contributed by atoms with Crippen LogP contribution in [0, 0.1) is 0 Å². The average Bonchev–Trinajstić information content (AvgIpc) is 2.53. The molecule has 1 amide bonds. The Morgan fingerprint density at radius 3 is 2.81 bits per heavy atom. The van der Waals surface area contributed by atoms with Gasteiger partial charge in [-0.25, -0.2) is 4.79 Å². The van der Waals surface area contributed by atoms with Gasteiger partial charge in [0.05, 0.1) is 13.5 Å². The van der Waals surface area contributed by atoms with Crippen LogP contribution in [0.3, 0.4) is 0 Å². The number of hydrogen-bond donors (Lipinski definition) is 1. The summed E-state index contributed by atoms with van der Waals surface area (Å²) < 4.78 is 9.93. The zero-order valence-corrected chi connectivity index (χ0v) is 12.1. The summed E-state index contributed by atoms with van der Waals surface area (Å²) in [6.45, 7) is 1.92. The van der Waals surface area contributed by atoms with Gasteiger partial charge in [0.15, 0.2) is 0 Å². The summed E-state index contributed by atoms with van der Waals surface area (Å²) in [6.07, 6.45) is -0.103. The molecule has 1 heterocycles. The van der Waals surface area contributed by atoms with Crippen LogP contribution in [0.25, 0.3) is 0 Å². The van der Waals surface area contributed by atoms with Crippen molar-refractivity contribution in [1.82, 2.24) is 10.2 Å². The third kappa shape index (κ3) is 4.75. The molecule has 1 saturated heterocycles. The van der Waals surface area contributed by atoms with Crippen molar-refractivity contribution in [2.45, 2.75) is 19.1 Å². The first-order valence-corrected chi connectivity index (χ1v) is 6.95. The van der Waals surface area contributed by atoms with Crippen LogP contribution in [0.15, 0.2) is 30.3 Å². The highest BCUT2D eigenvalue weighted by atomic mass is 16.6. The fraction of sp³-hybridized carbons (Fsp3) is 0.467. The molecule has 1 N–H and O–H groups in total. The minimum Gasteiger partial charge on any atom is -0.469 e. The summed E-state index contributed by atoms with van der Waals surface area (Å²) in [5.74, 6) is -0.285. The van der Waals surface area contributed by atoms with E-state index in [0.29, 0.717) is 19.6 Å². The number of piperazine rings is 1. The maximum atomic E-state index is 12.0. The van der Waals surface area contributed by atoms with Crippen LogP contribution in [-0.2, 0) is 20.9 Å². The van der Waals surface area contributed by atoms with E-state index < -0.39 is 0 Å². The van der Waals surface area contributed by atoms with E-state index in [1.54, 1.807) is 4.90 Å². The molecule has 0 aromatic heterocycles. The van der Waals surface area contributed by atoms with Gasteiger partial charge in [-0.15, -0.1) is 0 Å². The van der Waals surface area contributed by atoms with Crippen molar-refractivity contribution in [3.05, 3.63) is 35.9 Å². The zero-order chi connectivity index (χ0) is 15.1. The summed E-state index contributed by atoms with van der Waals surface area (Å²) in [5, 5.41) is 3.19. The van der Waals surface area contributed by atoms with E-state index in [4.69, 9.17) is 4.74 Å². The Morgan fingerprint density at radius 1 is 1.33 bits per heavy atom. The Labute approximate surface area is 124 Å². The molecule has 1 unspecified atom stereocenters. The number of amides is 1. The zero-order valence-electron chi connectivity index (χ0n) is 12.1. The molecule has 1 aromatic carbocycles. The van der Waals surface area contributed by atoms with Crippen molar-refractivity contribution >= 4 is 12.1 Å². The molecule has 0 saturated carbocycles. The van der Waals surface area contributed by atoms with Crippen molar-refractivity contribution in [3.8, 4) is 0 Å². The first kappa shape index (κ1) is 15.3. The first-order chi connectivity index (χ1) is 10.2. The molecule has 0 bridgehead atoms. The molecule has 2 rings (SSSR count). The van der Waals surface area contributed by atoms with Crippen molar-refractivity contribution in [3.63, 3.8) is 0 Å². The molecule has 114 valence electrons. The molecule has 6 heteroatoms. The van der Waals surface area contributed by atoms with Crippen LogP contribution in [0.4, 0.5) is 4.79 Å². The van der Waals surface area contributed by atoms with E-state index in [2.05, 4.69) is 10.1 Å². The Kier molecular flexibility index (Phi) is 5.57. The standard InChI is InChI=1S/C15H20N2O4/c1-20-14(18)9-13-10-17(8-7-16-13)15(19)21-11-12-5-3-2-4-6-12/h2-6,13,16H,7-11H2,1H3. The number of nitrogens with zero attached hydrogens (tertiary/aromatic N) is 1. The number of rotatable bonds is 4. The third-order valence-electron chi connectivity index (χ3n) is 3.36. The van der Waals surface area contributed by atoms with Crippen LogP contribution in [-0.4, -0.2) is 49.7 Å². The second-order valence-corrected chi connectivity index (χ2v) is 4.92. The maximum Gasteiger partial charge on any atom is 0.410 e. The predicted molar refractivity (Wildman–Crippen MR) is 76.6 cm³/mol. The first-order valence-electron chi connectivity index (χ1n) is 6.95. The van der Waals surface area contributed by atoms with Gasteiger partial charge >= 0.3 is 12.1 Å². The molecule has 1 fully saturated rings. The smallest absolute Gasteiger partial charge is 0.410 e.